The Hall–Kier alpha value is -2.05. The number of rotatable bonds is 5. The van der Waals surface area contributed by atoms with Crippen LogP contribution in [0.2, 0.25) is 0 Å². The van der Waals surface area contributed by atoms with Gasteiger partial charge in [-0.1, -0.05) is 18.2 Å². The highest BCUT2D eigenvalue weighted by atomic mass is 16.5. The molecule has 1 unspecified atom stereocenters. The molecule has 0 radical (unpaired) electrons. The summed E-state index contributed by atoms with van der Waals surface area (Å²) in [6.45, 7) is 3.97. The molecule has 6 heteroatoms. The Morgan fingerprint density at radius 3 is 2.50 bits per heavy atom. The zero-order chi connectivity index (χ0) is 14.7. The van der Waals surface area contributed by atoms with Crippen molar-refractivity contribution in [2.24, 2.45) is 12.9 Å². The summed E-state index contributed by atoms with van der Waals surface area (Å²) in [7, 11) is 1.79. The minimum atomic E-state index is -0.265. The van der Waals surface area contributed by atoms with E-state index < -0.39 is 0 Å². The molecular formula is C14H21N5O. The molecule has 1 heterocycles. The fourth-order valence-electron chi connectivity index (χ4n) is 2.11. The maximum Gasteiger partial charge on any atom is 0.126 e. The van der Waals surface area contributed by atoms with E-state index in [9.17, 15) is 0 Å². The first-order chi connectivity index (χ1) is 9.54. The monoisotopic (exact) mass is 275 g/mol. The van der Waals surface area contributed by atoms with Crippen molar-refractivity contribution in [2.45, 2.75) is 26.0 Å². The van der Waals surface area contributed by atoms with Crippen molar-refractivity contribution in [3.8, 4) is 5.75 Å². The lowest BCUT2D eigenvalue weighted by Gasteiger charge is -2.21. The van der Waals surface area contributed by atoms with Gasteiger partial charge in [0.1, 0.15) is 11.6 Å². The average Bonchev–Trinajstić information content (AvgIpc) is 2.73. The number of aryl methyl sites for hydroxylation is 1. The van der Waals surface area contributed by atoms with E-state index in [-0.39, 0.29) is 12.1 Å². The number of benzene rings is 1. The van der Waals surface area contributed by atoms with Crippen LogP contribution in [0.15, 0.2) is 30.5 Å². The number of hydrogen-bond acceptors (Lipinski definition) is 5. The summed E-state index contributed by atoms with van der Waals surface area (Å²) >= 11 is 0. The molecule has 20 heavy (non-hydrogen) atoms. The van der Waals surface area contributed by atoms with Crippen LogP contribution in [-0.4, -0.2) is 15.9 Å². The van der Waals surface area contributed by atoms with Gasteiger partial charge in [-0.3, -0.25) is 10.5 Å². The minimum Gasteiger partial charge on any atom is -0.491 e. The summed E-state index contributed by atoms with van der Waals surface area (Å²) in [5.41, 5.74) is 10.6. The second-order valence-corrected chi connectivity index (χ2v) is 4.91. The fourth-order valence-corrected chi connectivity index (χ4v) is 2.11. The second kappa shape index (κ2) is 5.94. The van der Waals surface area contributed by atoms with E-state index in [0.717, 1.165) is 16.9 Å². The summed E-state index contributed by atoms with van der Waals surface area (Å²) < 4.78 is 7.45. The number of nitrogens with two attached hydrogens (primary N) is 2. The van der Waals surface area contributed by atoms with Gasteiger partial charge in [0.2, 0.25) is 0 Å². The Morgan fingerprint density at radius 2 is 1.95 bits per heavy atom. The maximum absolute atomic E-state index is 6.03. The molecule has 0 amide bonds. The Balaban J connectivity index is 2.44. The molecule has 2 aromatic rings. The predicted octanol–water partition coefficient (Wildman–Crippen LogP) is 1.34. The molecule has 5 N–H and O–H groups in total. The number of aromatic nitrogens is 2. The lowest BCUT2D eigenvalue weighted by atomic mass is 10.0. The van der Waals surface area contributed by atoms with Gasteiger partial charge in [0.25, 0.3) is 0 Å². The minimum absolute atomic E-state index is 0.0841. The molecule has 108 valence electrons. The predicted molar refractivity (Wildman–Crippen MR) is 79.0 cm³/mol. The first-order valence-corrected chi connectivity index (χ1v) is 6.53. The number of para-hydroxylation sites is 1. The van der Waals surface area contributed by atoms with Crippen LogP contribution in [-0.2, 0) is 7.05 Å². The number of ether oxygens (including phenoxy) is 1. The molecule has 0 saturated carbocycles. The Labute approximate surface area is 118 Å². The third-order valence-corrected chi connectivity index (χ3v) is 3.08. The van der Waals surface area contributed by atoms with E-state index in [4.69, 9.17) is 16.3 Å². The van der Waals surface area contributed by atoms with Crippen molar-refractivity contribution < 1.29 is 4.74 Å². The molecule has 1 aromatic heterocycles. The van der Waals surface area contributed by atoms with Crippen LogP contribution in [0.4, 0.5) is 5.82 Å². The lowest BCUT2D eigenvalue weighted by Crippen LogP contribution is -2.30. The van der Waals surface area contributed by atoms with Gasteiger partial charge in [-0.15, -0.1) is 0 Å². The number of hydrogen-bond donors (Lipinski definition) is 3. The first kappa shape index (κ1) is 14.4. The number of nitrogen functional groups attached to an aromatic ring is 1. The summed E-state index contributed by atoms with van der Waals surface area (Å²) in [6, 6.07) is 7.50. The highest BCUT2D eigenvalue weighted by molar-refractivity contribution is 5.49. The van der Waals surface area contributed by atoms with Gasteiger partial charge in [0, 0.05) is 18.2 Å². The summed E-state index contributed by atoms with van der Waals surface area (Å²) in [6.07, 6.45) is 1.80. The summed E-state index contributed by atoms with van der Waals surface area (Å²) in [5.74, 6) is 7.08. The topological polar surface area (TPSA) is 91.1 Å². The molecule has 0 bridgehead atoms. The van der Waals surface area contributed by atoms with E-state index in [1.54, 1.807) is 17.9 Å². The average molecular weight is 275 g/mol. The van der Waals surface area contributed by atoms with Crippen LogP contribution < -0.4 is 21.7 Å². The van der Waals surface area contributed by atoms with Crippen molar-refractivity contribution in [3.63, 3.8) is 0 Å². The fraction of sp³-hybridized carbons (Fsp3) is 0.357. The van der Waals surface area contributed by atoms with Crippen molar-refractivity contribution in [1.82, 2.24) is 15.2 Å². The standard InChI is InChI=1S/C14H21N5O/c1-9(2)20-12-7-5-4-6-10(12)13(18-16)11-8-17-19(3)14(11)15/h4-9,13,18H,15-16H2,1-3H3. The zero-order valence-electron chi connectivity index (χ0n) is 12.0. The maximum atomic E-state index is 6.03. The van der Waals surface area contributed by atoms with Crippen molar-refractivity contribution >= 4 is 5.82 Å². The van der Waals surface area contributed by atoms with E-state index in [1.165, 1.54) is 0 Å². The first-order valence-electron chi connectivity index (χ1n) is 6.53. The molecule has 0 aliphatic heterocycles. The van der Waals surface area contributed by atoms with Crippen LogP contribution in [0.5, 0.6) is 5.75 Å². The van der Waals surface area contributed by atoms with Crippen LogP contribution in [0.1, 0.15) is 31.0 Å². The van der Waals surface area contributed by atoms with Gasteiger partial charge in [0.05, 0.1) is 18.3 Å². The van der Waals surface area contributed by atoms with E-state index in [2.05, 4.69) is 10.5 Å². The van der Waals surface area contributed by atoms with Crippen LogP contribution in [0.3, 0.4) is 0 Å². The van der Waals surface area contributed by atoms with Crippen molar-refractivity contribution in [1.29, 1.82) is 0 Å². The van der Waals surface area contributed by atoms with Gasteiger partial charge >= 0.3 is 0 Å². The van der Waals surface area contributed by atoms with Gasteiger partial charge in [-0.25, -0.2) is 5.43 Å². The van der Waals surface area contributed by atoms with Crippen LogP contribution >= 0.6 is 0 Å². The molecular weight excluding hydrogens is 254 g/mol. The molecule has 0 aliphatic carbocycles. The molecule has 1 atom stereocenters. The SMILES string of the molecule is CC(C)Oc1ccccc1C(NN)c1cnn(C)c1N. The molecule has 0 spiro atoms. The van der Waals surface area contributed by atoms with Crippen molar-refractivity contribution in [2.75, 3.05) is 5.73 Å². The van der Waals surface area contributed by atoms with E-state index in [0.29, 0.717) is 5.82 Å². The van der Waals surface area contributed by atoms with Crippen molar-refractivity contribution in [3.05, 3.63) is 41.6 Å². The normalized spacial score (nSPS) is 12.7. The zero-order valence-corrected chi connectivity index (χ0v) is 12.0. The van der Waals surface area contributed by atoms with E-state index >= 15 is 0 Å². The van der Waals surface area contributed by atoms with Gasteiger partial charge in [0.15, 0.2) is 0 Å². The van der Waals surface area contributed by atoms with Gasteiger partial charge in [-0.2, -0.15) is 5.10 Å². The highest BCUT2D eigenvalue weighted by Gasteiger charge is 2.21. The number of nitrogens with one attached hydrogen (secondary N) is 1. The third-order valence-electron chi connectivity index (χ3n) is 3.08. The Morgan fingerprint density at radius 1 is 1.25 bits per heavy atom. The van der Waals surface area contributed by atoms with E-state index in [1.807, 2.05) is 38.1 Å². The third kappa shape index (κ3) is 2.76. The quantitative estimate of drug-likeness (QED) is 0.566. The molecule has 0 saturated heterocycles. The number of nitrogens with zero attached hydrogens (tertiary/aromatic N) is 2. The summed E-state index contributed by atoms with van der Waals surface area (Å²) in [4.78, 5) is 0. The molecule has 6 nitrogen and oxygen atoms in total. The van der Waals surface area contributed by atoms with Gasteiger partial charge < -0.3 is 10.5 Å². The van der Waals surface area contributed by atoms with Crippen LogP contribution in [0.25, 0.3) is 0 Å². The summed E-state index contributed by atoms with van der Waals surface area (Å²) in [5, 5.41) is 4.16. The number of hydrazine groups is 1. The molecule has 0 fully saturated rings. The molecule has 1 aromatic carbocycles. The smallest absolute Gasteiger partial charge is 0.126 e. The lowest BCUT2D eigenvalue weighted by molar-refractivity contribution is 0.238. The van der Waals surface area contributed by atoms with Crippen LogP contribution in [0, 0.1) is 0 Å². The number of anilines is 1. The molecule has 2 rings (SSSR count). The van der Waals surface area contributed by atoms with Gasteiger partial charge in [-0.05, 0) is 19.9 Å². The highest BCUT2D eigenvalue weighted by Crippen LogP contribution is 2.32. The molecule has 0 aliphatic rings. The second-order valence-electron chi connectivity index (χ2n) is 4.91. The Kier molecular flexibility index (Phi) is 4.26. The Bertz CT molecular complexity index is 579. The largest absolute Gasteiger partial charge is 0.491 e.